The summed E-state index contributed by atoms with van der Waals surface area (Å²) in [6, 6.07) is 4.35. The predicted octanol–water partition coefficient (Wildman–Crippen LogP) is 6.77. The van der Waals surface area contributed by atoms with Crippen molar-refractivity contribution in [3.05, 3.63) is 59.0 Å². The van der Waals surface area contributed by atoms with E-state index in [1.54, 1.807) is 21.5 Å². The number of pyridine rings is 2. The third-order valence-electron chi connectivity index (χ3n) is 9.00. The van der Waals surface area contributed by atoms with Gasteiger partial charge < -0.3 is 23.9 Å². The lowest BCUT2D eigenvalue weighted by Gasteiger charge is -2.37. The van der Waals surface area contributed by atoms with Crippen LogP contribution in [0.1, 0.15) is 71.5 Å². The zero-order chi connectivity index (χ0) is 35.2. The monoisotopic (exact) mass is 701 g/mol. The Kier molecular flexibility index (Phi) is 9.95. The summed E-state index contributed by atoms with van der Waals surface area (Å²) in [6.45, 7) is 18.8. The van der Waals surface area contributed by atoms with E-state index < -0.39 is 44.1 Å². The molecule has 1 aliphatic rings. The number of ether oxygens (including phenoxy) is 2. The molecular weight excluding hydrogens is 657 g/mol. The summed E-state index contributed by atoms with van der Waals surface area (Å²) in [7, 11) is -2.19. The molecule has 3 atom stereocenters. The van der Waals surface area contributed by atoms with Gasteiger partial charge in [0.2, 0.25) is 0 Å². The molecule has 1 N–H and O–H groups in total. The molecule has 5 rings (SSSR count). The van der Waals surface area contributed by atoms with Crippen LogP contribution >= 0.6 is 11.6 Å². The van der Waals surface area contributed by atoms with Gasteiger partial charge in [-0.1, -0.05) is 37.6 Å². The van der Waals surface area contributed by atoms with Crippen molar-refractivity contribution in [2.24, 2.45) is 0 Å². The van der Waals surface area contributed by atoms with Gasteiger partial charge in [0.25, 0.3) is 0 Å². The van der Waals surface area contributed by atoms with Gasteiger partial charge in [0.05, 0.1) is 54.1 Å². The van der Waals surface area contributed by atoms with Crippen molar-refractivity contribution >= 4 is 31.5 Å². The molecule has 0 aliphatic carbocycles. The quantitative estimate of drug-likeness (QED) is 0.198. The van der Waals surface area contributed by atoms with Crippen molar-refractivity contribution in [3.63, 3.8) is 0 Å². The summed E-state index contributed by atoms with van der Waals surface area (Å²) < 4.78 is 35.9. The molecule has 260 valence electrons. The number of nitrogens with zero attached hydrogens (tertiary/aromatic N) is 7. The molecule has 0 saturated carbocycles. The second kappa shape index (κ2) is 13.4. The van der Waals surface area contributed by atoms with Crippen LogP contribution in [-0.2, 0) is 9.16 Å². The van der Waals surface area contributed by atoms with Crippen LogP contribution in [0.2, 0.25) is 23.2 Å². The number of amides is 1. The molecule has 4 aromatic heterocycles. The van der Waals surface area contributed by atoms with E-state index >= 15 is 0 Å². The number of carbonyl (C=O) groups excluding carboxylic acids is 1. The maximum absolute atomic E-state index is 13.9. The normalized spacial score (nSPS) is 18.3. The highest BCUT2D eigenvalue weighted by atomic mass is 35.5. The van der Waals surface area contributed by atoms with Gasteiger partial charge in [0.15, 0.2) is 14.4 Å². The first-order valence-corrected chi connectivity index (χ1v) is 19.3. The van der Waals surface area contributed by atoms with Crippen LogP contribution < -0.4 is 4.74 Å². The zero-order valence-corrected chi connectivity index (χ0v) is 30.7. The second-order valence-electron chi connectivity index (χ2n) is 14.8. The first-order chi connectivity index (χ1) is 22.3. The molecule has 0 aromatic carbocycles. The smallest absolute Gasteiger partial charge is 0.410 e. The third-order valence-corrected chi connectivity index (χ3v) is 13.8. The van der Waals surface area contributed by atoms with Crippen molar-refractivity contribution in [1.29, 1.82) is 0 Å². The summed E-state index contributed by atoms with van der Waals surface area (Å²) in [5.74, 6) is -0.0464. The maximum atomic E-state index is 13.9. The Morgan fingerprint density at radius 3 is 2.54 bits per heavy atom. The van der Waals surface area contributed by atoms with E-state index in [1.165, 1.54) is 17.2 Å². The molecule has 1 amide bonds. The minimum atomic E-state index is -2.19. The second-order valence-corrected chi connectivity index (χ2v) is 20.0. The highest BCUT2D eigenvalue weighted by molar-refractivity contribution is 6.74. The van der Waals surface area contributed by atoms with E-state index in [9.17, 15) is 14.3 Å². The number of carbonyl (C=O) groups is 1. The zero-order valence-electron chi connectivity index (χ0n) is 29.0. The third kappa shape index (κ3) is 7.66. The summed E-state index contributed by atoms with van der Waals surface area (Å²) in [4.78, 5) is 18.4. The largest absolute Gasteiger partial charge is 0.479 e. The number of aromatic nitrogens is 6. The van der Waals surface area contributed by atoms with E-state index in [1.807, 2.05) is 33.8 Å². The summed E-state index contributed by atoms with van der Waals surface area (Å²) in [6.07, 6.45) is 2.91. The summed E-state index contributed by atoms with van der Waals surface area (Å²) in [5, 5.41) is 24.8. The van der Waals surface area contributed by atoms with Crippen molar-refractivity contribution in [2.45, 2.75) is 96.9 Å². The number of rotatable bonds is 8. The van der Waals surface area contributed by atoms with E-state index in [2.05, 4.69) is 54.3 Å². The van der Waals surface area contributed by atoms with E-state index in [4.69, 9.17) is 25.5 Å². The van der Waals surface area contributed by atoms with E-state index in [-0.39, 0.29) is 18.2 Å². The van der Waals surface area contributed by atoms with Crippen LogP contribution in [0.15, 0.2) is 36.8 Å². The lowest BCUT2D eigenvalue weighted by atomic mass is 10.0. The molecule has 48 heavy (non-hydrogen) atoms. The van der Waals surface area contributed by atoms with Crippen LogP contribution in [0.4, 0.5) is 9.18 Å². The van der Waals surface area contributed by atoms with Gasteiger partial charge in [-0.3, -0.25) is 4.98 Å². The van der Waals surface area contributed by atoms with E-state index in [0.717, 1.165) is 6.20 Å². The molecular formula is C33H45ClFN7O5Si. The van der Waals surface area contributed by atoms with Gasteiger partial charge in [0, 0.05) is 18.3 Å². The summed E-state index contributed by atoms with van der Waals surface area (Å²) >= 11 is 6.61. The van der Waals surface area contributed by atoms with Crippen LogP contribution in [0.25, 0.3) is 16.8 Å². The molecule has 1 fully saturated rings. The van der Waals surface area contributed by atoms with Gasteiger partial charge in [0.1, 0.15) is 28.4 Å². The number of aliphatic hydroxyl groups excluding tert-OH is 1. The highest BCUT2D eigenvalue weighted by Gasteiger charge is 2.39. The van der Waals surface area contributed by atoms with Crippen molar-refractivity contribution in [1.82, 2.24) is 34.5 Å². The molecule has 15 heteroatoms. The molecule has 1 saturated heterocycles. The van der Waals surface area contributed by atoms with Gasteiger partial charge in [-0.05, 0) is 70.4 Å². The van der Waals surface area contributed by atoms with Gasteiger partial charge in [-0.2, -0.15) is 5.10 Å². The van der Waals surface area contributed by atoms with Gasteiger partial charge in [-0.15, -0.1) is 5.10 Å². The van der Waals surface area contributed by atoms with Crippen molar-refractivity contribution in [2.75, 3.05) is 19.7 Å². The number of hydrogen-bond acceptors (Lipinski definition) is 9. The number of halogens is 2. The Morgan fingerprint density at radius 2 is 1.92 bits per heavy atom. The number of hydrogen-bond donors (Lipinski definition) is 1. The van der Waals surface area contributed by atoms with Crippen molar-refractivity contribution < 1.29 is 28.2 Å². The lowest BCUT2D eigenvalue weighted by molar-refractivity contribution is -0.0123. The molecule has 1 unspecified atom stereocenters. The first-order valence-electron chi connectivity index (χ1n) is 16.0. The Balaban J connectivity index is 1.45. The fourth-order valence-electron chi connectivity index (χ4n) is 5.30. The van der Waals surface area contributed by atoms with Crippen LogP contribution in [0.3, 0.4) is 0 Å². The maximum Gasteiger partial charge on any atom is 0.410 e. The molecule has 0 spiro atoms. The minimum Gasteiger partial charge on any atom is -0.479 e. The topological polar surface area (TPSA) is 129 Å². The molecule has 4 aromatic rings. The first kappa shape index (κ1) is 35.7. The average molecular weight is 702 g/mol. The Morgan fingerprint density at radius 1 is 1.19 bits per heavy atom. The summed E-state index contributed by atoms with van der Waals surface area (Å²) in [5.41, 5.74) is 2.33. The lowest BCUT2D eigenvalue weighted by Crippen LogP contribution is -2.49. The van der Waals surface area contributed by atoms with Crippen LogP contribution in [-0.4, -0.2) is 85.4 Å². The van der Waals surface area contributed by atoms with Crippen LogP contribution in [0, 0.1) is 12.7 Å². The Labute approximate surface area is 286 Å². The molecule has 0 radical (unpaired) electrons. The average Bonchev–Trinajstić information content (AvgIpc) is 3.56. The minimum absolute atomic E-state index is 0.0427. The SMILES string of the molecule is Cc1c(-c2cc(OC(CO[Si](C)(C)C(C)(C)C)c3ccc(F)cn3)c3c(Cl)cnn3c2)nnn1[C@H]1CCN(C(=O)OC(C)(C)C)C[C@H]1O. The molecule has 12 nitrogen and oxygen atoms in total. The fraction of sp³-hybridized carbons (Fsp3) is 0.545. The highest BCUT2D eigenvalue weighted by Crippen LogP contribution is 2.39. The van der Waals surface area contributed by atoms with Gasteiger partial charge >= 0.3 is 6.09 Å². The van der Waals surface area contributed by atoms with Crippen LogP contribution in [0.5, 0.6) is 5.75 Å². The number of piperidine rings is 1. The van der Waals surface area contributed by atoms with Crippen molar-refractivity contribution in [3.8, 4) is 17.0 Å². The Bertz CT molecular complexity index is 1770. The number of β-amino-alcohol motifs (C(OH)–C–C–N with tert-alkyl or cyclic N) is 1. The predicted molar refractivity (Wildman–Crippen MR) is 182 cm³/mol. The van der Waals surface area contributed by atoms with Gasteiger partial charge in [-0.25, -0.2) is 18.4 Å². The molecule has 5 heterocycles. The van der Waals surface area contributed by atoms with E-state index in [0.29, 0.717) is 51.9 Å². The fourth-order valence-corrected chi connectivity index (χ4v) is 6.52. The number of aliphatic hydroxyl groups is 1. The molecule has 0 bridgehead atoms. The number of likely N-dealkylation sites (tertiary alicyclic amines) is 1. The number of fused-ring (bicyclic) bond motifs is 1. The molecule has 1 aliphatic heterocycles. The standard InChI is InChI=1S/C33H45ClFN7O5Si/c1-20-29(38-39-42(20)25-12-13-40(18-26(25)43)31(44)47-32(2,3)4)21-14-27(30-23(34)16-37-41(30)17-21)46-28(24-11-10-22(35)15-36-24)19-45-48(8,9)33(5,6)7/h10-11,14-17,25-26,28,43H,12-13,18-19H2,1-9H3/t25-,26+,28?/m0/s1. The Hall–Kier alpha value is -3.59.